The number of fused-ring (bicyclic) bond motifs is 1. The van der Waals surface area contributed by atoms with Gasteiger partial charge in [0.1, 0.15) is 5.75 Å². The highest BCUT2D eigenvalue weighted by atomic mass is 79.9. The zero-order chi connectivity index (χ0) is 12.4. The Morgan fingerprint density at radius 2 is 2.24 bits per heavy atom. The third-order valence-electron chi connectivity index (χ3n) is 2.86. The van der Waals surface area contributed by atoms with Crippen molar-refractivity contribution in [2.24, 2.45) is 0 Å². The minimum absolute atomic E-state index is 0.354. The number of nitrogens with zero attached hydrogens (tertiary/aromatic N) is 1. The summed E-state index contributed by atoms with van der Waals surface area (Å²) in [7, 11) is 3.93. The Balaban J connectivity index is 2.15. The summed E-state index contributed by atoms with van der Waals surface area (Å²) in [5.41, 5.74) is 2.34. The van der Waals surface area contributed by atoms with E-state index in [-0.39, 0.29) is 6.10 Å². The molecule has 2 rings (SSSR count). The third-order valence-corrected chi connectivity index (χ3v) is 3.31. The van der Waals surface area contributed by atoms with Gasteiger partial charge in [-0.15, -0.1) is 0 Å². The zero-order valence-corrected chi connectivity index (χ0v) is 11.8. The zero-order valence-electron chi connectivity index (χ0n) is 10.2. The second-order valence-electron chi connectivity index (χ2n) is 4.77. The molecule has 1 aromatic rings. The largest absolute Gasteiger partial charge is 0.493 e. The average Bonchev–Trinajstić information content (AvgIpc) is 2.63. The van der Waals surface area contributed by atoms with Gasteiger partial charge in [-0.25, -0.2) is 0 Å². The van der Waals surface area contributed by atoms with Gasteiger partial charge in [-0.2, -0.15) is 0 Å². The minimum Gasteiger partial charge on any atom is -0.493 e. The molecule has 1 heterocycles. The van der Waals surface area contributed by atoms with Gasteiger partial charge in [-0.1, -0.05) is 15.9 Å². The van der Waals surface area contributed by atoms with Crippen LogP contribution in [0.2, 0.25) is 0 Å². The minimum atomic E-state index is -0.354. The first kappa shape index (κ1) is 12.9. The molecule has 1 aliphatic heterocycles. The van der Waals surface area contributed by atoms with Crippen LogP contribution in [0.15, 0.2) is 16.6 Å². The van der Waals surface area contributed by atoms with Crippen molar-refractivity contribution >= 4 is 15.9 Å². The van der Waals surface area contributed by atoms with Crippen LogP contribution in [0.25, 0.3) is 0 Å². The third kappa shape index (κ3) is 3.21. The summed E-state index contributed by atoms with van der Waals surface area (Å²) in [6.45, 7) is 1.42. The number of rotatable bonds is 4. The van der Waals surface area contributed by atoms with Crippen LogP contribution in [0.3, 0.4) is 0 Å². The van der Waals surface area contributed by atoms with E-state index in [4.69, 9.17) is 4.74 Å². The molecule has 0 saturated heterocycles. The first-order valence-electron chi connectivity index (χ1n) is 5.83. The van der Waals surface area contributed by atoms with E-state index in [1.807, 2.05) is 25.1 Å². The molecule has 1 aliphatic rings. The fourth-order valence-corrected chi connectivity index (χ4v) is 2.79. The van der Waals surface area contributed by atoms with Gasteiger partial charge in [0.2, 0.25) is 0 Å². The van der Waals surface area contributed by atoms with Crippen LogP contribution in [-0.4, -0.2) is 43.4 Å². The average molecular weight is 300 g/mol. The number of aliphatic hydroxyl groups is 1. The van der Waals surface area contributed by atoms with Crippen molar-refractivity contribution in [2.45, 2.75) is 18.9 Å². The molecule has 1 N–H and O–H groups in total. The van der Waals surface area contributed by atoms with Crippen LogP contribution in [0.4, 0.5) is 0 Å². The topological polar surface area (TPSA) is 32.7 Å². The maximum Gasteiger partial charge on any atom is 0.125 e. The molecule has 0 amide bonds. The quantitative estimate of drug-likeness (QED) is 0.921. The fourth-order valence-electron chi connectivity index (χ4n) is 2.24. The first-order valence-corrected chi connectivity index (χ1v) is 6.62. The number of likely N-dealkylation sites (N-methyl/N-ethyl adjacent to an activating group) is 1. The Kier molecular flexibility index (Phi) is 4.07. The SMILES string of the molecule is CN(C)CC(O)Cc1cc(Br)cc2c1OCC2. The molecule has 4 heteroatoms. The number of hydrogen-bond donors (Lipinski definition) is 1. The van der Waals surface area contributed by atoms with Gasteiger partial charge in [0, 0.05) is 23.9 Å². The first-order chi connectivity index (χ1) is 8.06. The molecule has 0 fully saturated rings. The van der Waals surface area contributed by atoms with E-state index in [9.17, 15) is 5.11 Å². The van der Waals surface area contributed by atoms with E-state index in [0.29, 0.717) is 13.0 Å². The Labute approximate surface area is 111 Å². The summed E-state index contributed by atoms with van der Waals surface area (Å²) >= 11 is 3.51. The highest BCUT2D eigenvalue weighted by Crippen LogP contribution is 2.33. The Bertz CT molecular complexity index is 407. The Morgan fingerprint density at radius 1 is 1.47 bits per heavy atom. The van der Waals surface area contributed by atoms with Crippen molar-refractivity contribution in [3.63, 3.8) is 0 Å². The molecule has 0 radical (unpaired) electrons. The highest BCUT2D eigenvalue weighted by molar-refractivity contribution is 9.10. The van der Waals surface area contributed by atoms with Crippen molar-refractivity contribution in [3.05, 3.63) is 27.7 Å². The lowest BCUT2D eigenvalue weighted by Crippen LogP contribution is -2.27. The molecular formula is C13H18BrNO2. The molecule has 0 spiro atoms. The normalized spacial score (nSPS) is 15.8. The molecule has 0 aliphatic carbocycles. The van der Waals surface area contributed by atoms with Crippen molar-refractivity contribution in [3.8, 4) is 5.75 Å². The predicted octanol–water partition coefficient (Wildman–Crippen LogP) is 1.85. The van der Waals surface area contributed by atoms with E-state index in [2.05, 4.69) is 22.0 Å². The van der Waals surface area contributed by atoms with Gasteiger partial charge >= 0.3 is 0 Å². The van der Waals surface area contributed by atoms with Gasteiger partial charge in [0.05, 0.1) is 12.7 Å². The summed E-state index contributed by atoms with van der Waals surface area (Å²) in [5.74, 6) is 0.978. The van der Waals surface area contributed by atoms with Crippen LogP contribution in [0.5, 0.6) is 5.75 Å². The maximum absolute atomic E-state index is 9.98. The molecule has 1 atom stereocenters. The van der Waals surface area contributed by atoms with E-state index < -0.39 is 0 Å². The van der Waals surface area contributed by atoms with Gasteiger partial charge < -0.3 is 14.7 Å². The summed E-state index contributed by atoms with van der Waals surface area (Å²) < 4.78 is 6.71. The number of ether oxygens (including phenoxy) is 1. The van der Waals surface area contributed by atoms with Crippen molar-refractivity contribution in [2.75, 3.05) is 27.2 Å². The lowest BCUT2D eigenvalue weighted by atomic mass is 10.0. The van der Waals surface area contributed by atoms with Crippen LogP contribution in [0, 0.1) is 0 Å². The van der Waals surface area contributed by atoms with Gasteiger partial charge in [0.15, 0.2) is 0 Å². The van der Waals surface area contributed by atoms with Crippen molar-refractivity contribution in [1.82, 2.24) is 4.90 Å². The number of hydrogen-bond acceptors (Lipinski definition) is 3. The summed E-state index contributed by atoms with van der Waals surface area (Å²) in [6.07, 6.45) is 1.25. The lowest BCUT2D eigenvalue weighted by molar-refractivity contribution is 0.136. The number of aliphatic hydroxyl groups excluding tert-OH is 1. The van der Waals surface area contributed by atoms with Crippen molar-refractivity contribution in [1.29, 1.82) is 0 Å². The van der Waals surface area contributed by atoms with Crippen LogP contribution in [0.1, 0.15) is 11.1 Å². The van der Waals surface area contributed by atoms with E-state index in [1.54, 1.807) is 0 Å². The number of halogens is 1. The number of benzene rings is 1. The summed E-state index contributed by atoms with van der Waals surface area (Å²) in [5, 5.41) is 9.98. The van der Waals surface area contributed by atoms with Crippen LogP contribution >= 0.6 is 15.9 Å². The standard InChI is InChI=1S/C13H18BrNO2/c1-15(2)8-12(16)7-10-6-11(14)5-9-3-4-17-13(9)10/h5-6,12,16H,3-4,7-8H2,1-2H3. The van der Waals surface area contributed by atoms with Gasteiger partial charge in [0.25, 0.3) is 0 Å². The molecule has 0 saturated carbocycles. The molecule has 17 heavy (non-hydrogen) atoms. The monoisotopic (exact) mass is 299 g/mol. The summed E-state index contributed by atoms with van der Waals surface area (Å²) in [6, 6.07) is 4.15. The molecule has 0 bridgehead atoms. The van der Waals surface area contributed by atoms with Crippen LogP contribution < -0.4 is 4.74 Å². The second kappa shape index (κ2) is 5.38. The molecule has 1 aromatic carbocycles. The smallest absolute Gasteiger partial charge is 0.125 e. The van der Waals surface area contributed by atoms with Gasteiger partial charge in [-0.3, -0.25) is 0 Å². The molecular weight excluding hydrogens is 282 g/mol. The second-order valence-corrected chi connectivity index (χ2v) is 5.69. The van der Waals surface area contributed by atoms with Gasteiger partial charge in [-0.05, 0) is 37.4 Å². The van der Waals surface area contributed by atoms with E-state index in [1.165, 1.54) is 5.56 Å². The molecule has 94 valence electrons. The predicted molar refractivity (Wildman–Crippen MR) is 71.6 cm³/mol. The Hall–Kier alpha value is -0.580. The van der Waals surface area contributed by atoms with E-state index >= 15 is 0 Å². The van der Waals surface area contributed by atoms with Crippen molar-refractivity contribution < 1.29 is 9.84 Å². The molecule has 1 unspecified atom stereocenters. The van der Waals surface area contributed by atoms with Crippen LogP contribution in [-0.2, 0) is 12.8 Å². The molecule has 3 nitrogen and oxygen atoms in total. The lowest BCUT2D eigenvalue weighted by Gasteiger charge is -2.17. The summed E-state index contributed by atoms with van der Waals surface area (Å²) in [4.78, 5) is 1.99. The van der Waals surface area contributed by atoms with E-state index in [0.717, 1.165) is 28.8 Å². The maximum atomic E-state index is 9.98. The fraction of sp³-hybridized carbons (Fsp3) is 0.538. The Morgan fingerprint density at radius 3 is 2.94 bits per heavy atom. The molecule has 0 aromatic heterocycles. The highest BCUT2D eigenvalue weighted by Gasteiger charge is 2.19.